The van der Waals surface area contributed by atoms with Crippen molar-refractivity contribution in [3.8, 4) is 0 Å². The minimum atomic E-state index is -0.725. The number of anilines is 1. The van der Waals surface area contributed by atoms with Gasteiger partial charge in [-0.3, -0.25) is 9.59 Å². The van der Waals surface area contributed by atoms with E-state index in [0.29, 0.717) is 13.2 Å². The molecule has 0 aliphatic carbocycles. The molecule has 2 aromatic rings. The van der Waals surface area contributed by atoms with Crippen molar-refractivity contribution in [2.75, 3.05) is 32.2 Å². The Labute approximate surface area is 144 Å². The van der Waals surface area contributed by atoms with Crippen molar-refractivity contribution in [1.29, 1.82) is 0 Å². The van der Waals surface area contributed by atoms with Crippen molar-refractivity contribution < 1.29 is 28.3 Å². The summed E-state index contributed by atoms with van der Waals surface area (Å²) in [6.45, 7) is 0.257. The molecule has 0 spiro atoms. The third-order valence-electron chi connectivity index (χ3n) is 3.10. The van der Waals surface area contributed by atoms with Gasteiger partial charge in [0, 0.05) is 13.7 Å². The lowest BCUT2D eigenvalue weighted by Gasteiger charge is -2.10. The smallest absolute Gasteiger partial charge is 0.340 e. The predicted molar refractivity (Wildman–Crippen MR) is 88.3 cm³/mol. The topological polar surface area (TPSA) is 107 Å². The van der Waals surface area contributed by atoms with Crippen LogP contribution in [0.4, 0.5) is 5.69 Å². The highest BCUT2D eigenvalue weighted by Gasteiger charge is 2.17. The van der Waals surface area contributed by atoms with E-state index < -0.39 is 24.4 Å². The summed E-state index contributed by atoms with van der Waals surface area (Å²) in [5.41, 5.74) is 0.390. The van der Waals surface area contributed by atoms with E-state index in [1.165, 1.54) is 25.5 Å². The standard InChI is InChI=1S/C17H18N2O6/c1-23-10-8-18-15(20)11-25-17(22)12-5-2-3-6-13(12)19-16(21)14-7-4-9-24-14/h2-7,9H,8,10-11H2,1H3,(H,18,20)(H,19,21). The predicted octanol–water partition coefficient (Wildman–Crippen LogP) is 1.45. The first-order valence-corrected chi connectivity index (χ1v) is 7.48. The first kappa shape index (κ1) is 18.2. The molecule has 0 bridgehead atoms. The molecule has 2 amide bonds. The van der Waals surface area contributed by atoms with Gasteiger partial charge in [0.05, 0.1) is 24.1 Å². The molecular weight excluding hydrogens is 328 g/mol. The summed E-state index contributed by atoms with van der Waals surface area (Å²) in [6.07, 6.45) is 1.37. The van der Waals surface area contributed by atoms with Gasteiger partial charge in [0.1, 0.15) is 0 Å². The molecule has 0 radical (unpaired) electrons. The maximum atomic E-state index is 12.2. The van der Waals surface area contributed by atoms with E-state index in [1.54, 1.807) is 24.3 Å². The number of esters is 1. The number of carbonyl (C=O) groups excluding carboxylic acids is 3. The zero-order valence-electron chi connectivity index (χ0n) is 13.6. The van der Waals surface area contributed by atoms with E-state index in [-0.39, 0.29) is 17.0 Å². The van der Waals surface area contributed by atoms with E-state index >= 15 is 0 Å². The van der Waals surface area contributed by atoms with E-state index in [9.17, 15) is 14.4 Å². The summed E-state index contributed by atoms with van der Waals surface area (Å²) in [5.74, 6) is -1.55. The number of amides is 2. The summed E-state index contributed by atoms with van der Waals surface area (Å²) in [4.78, 5) is 35.7. The van der Waals surface area contributed by atoms with E-state index in [0.717, 1.165) is 0 Å². The quantitative estimate of drug-likeness (QED) is 0.553. The average Bonchev–Trinajstić information content (AvgIpc) is 3.15. The van der Waals surface area contributed by atoms with Crippen molar-refractivity contribution in [1.82, 2.24) is 5.32 Å². The maximum absolute atomic E-state index is 12.2. The fraction of sp³-hybridized carbons (Fsp3) is 0.235. The third kappa shape index (κ3) is 5.47. The minimum absolute atomic E-state index is 0.112. The van der Waals surface area contributed by atoms with Crippen molar-refractivity contribution in [3.05, 3.63) is 54.0 Å². The van der Waals surface area contributed by atoms with Crippen LogP contribution in [-0.4, -0.2) is 44.7 Å². The number of methoxy groups -OCH3 is 1. The Balaban J connectivity index is 1.96. The zero-order chi connectivity index (χ0) is 18.1. The fourth-order valence-electron chi connectivity index (χ4n) is 1.91. The molecule has 0 atom stereocenters. The highest BCUT2D eigenvalue weighted by molar-refractivity contribution is 6.06. The van der Waals surface area contributed by atoms with Crippen molar-refractivity contribution in [2.24, 2.45) is 0 Å². The van der Waals surface area contributed by atoms with E-state index in [2.05, 4.69) is 10.6 Å². The summed E-state index contributed by atoms with van der Waals surface area (Å²) in [7, 11) is 1.51. The molecule has 0 aliphatic rings. The van der Waals surface area contributed by atoms with Gasteiger partial charge in [-0.25, -0.2) is 4.79 Å². The highest BCUT2D eigenvalue weighted by atomic mass is 16.5. The molecule has 1 aromatic carbocycles. The Kier molecular flexibility index (Phi) is 6.73. The van der Waals surface area contributed by atoms with Crippen LogP contribution in [0.25, 0.3) is 0 Å². The van der Waals surface area contributed by atoms with Gasteiger partial charge in [0.2, 0.25) is 0 Å². The second-order valence-corrected chi connectivity index (χ2v) is 4.90. The van der Waals surface area contributed by atoms with Gasteiger partial charge in [-0.1, -0.05) is 12.1 Å². The molecule has 0 saturated heterocycles. The zero-order valence-corrected chi connectivity index (χ0v) is 13.6. The highest BCUT2D eigenvalue weighted by Crippen LogP contribution is 2.17. The van der Waals surface area contributed by atoms with Gasteiger partial charge >= 0.3 is 5.97 Å². The van der Waals surface area contributed by atoms with Gasteiger partial charge in [-0.15, -0.1) is 0 Å². The van der Waals surface area contributed by atoms with Crippen LogP contribution in [0.3, 0.4) is 0 Å². The number of hydrogen-bond acceptors (Lipinski definition) is 6. The lowest BCUT2D eigenvalue weighted by atomic mass is 10.1. The molecule has 132 valence electrons. The molecule has 2 rings (SSSR count). The molecular formula is C17H18N2O6. The van der Waals surface area contributed by atoms with Crippen LogP contribution in [0.5, 0.6) is 0 Å². The Hall–Kier alpha value is -3.13. The summed E-state index contributed by atoms with van der Waals surface area (Å²) < 4.78 is 14.8. The van der Waals surface area contributed by atoms with Crippen LogP contribution in [0.15, 0.2) is 47.1 Å². The molecule has 1 heterocycles. The third-order valence-corrected chi connectivity index (χ3v) is 3.10. The Morgan fingerprint density at radius 3 is 2.64 bits per heavy atom. The van der Waals surface area contributed by atoms with E-state index in [4.69, 9.17) is 13.9 Å². The number of furan rings is 1. The Morgan fingerprint density at radius 1 is 1.12 bits per heavy atom. The molecule has 0 saturated carbocycles. The lowest BCUT2D eigenvalue weighted by molar-refractivity contribution is -0.124. The molecule has 1 aromatic heterocycles. The van der Waals surface area contributed by atoms with Gasteiger partial charge in [0.25, 0.3) is 11.8 Å². The normalized spacial score (nSPS) is 10.1. The van der Waals surface area contributed by atoms with Crippen molar-refractivity contribution >= 4 is 23.5 Å². The van der Waals surface area contributed by atoms with E-state index in [1.807, 2.05) is 0 Å². The summed E-state index contributed by atoms with van der Waals surface area (Å²) in [6, 6.07) is 9.40. The SMILES string of the molecule is COCCNC(=O)COC(=O)c1ccccc1NC(=O)c1ccco1. The number of carbonyl (C=O) groups is 3. The Morgan fingerprint density at radius 2 is 1.92 bits per heavy atom. The number of rotatable bonds is 8. The van der Waals surface area contributed by atoms with Crippen LogP contribution < -0.4 is 10.6 Å². The fourth-order valence-corrected chi connectivity index (χ4v) is 1.91. The maximum Gasteiger partial charge on any atom is 0.340 e. The summed E-state index contributed by atoms with van der Waals surface area (Å²) in [5, 5.41) is 5.11. The average molecular weight is 346 g/mol. The van der Waals surface area contributed by atoms with Crippen LogP contribution in [0, 0.1) is 0 Å². The largest absolute Gasteiger partial charge is 0.459 e. The molecule has 0 aliphatic heterocycles. The monoisotopic (exact) mass is 346 g/mol. The number of hydrogen-bond donors (Lipinski definition) is 2. The van der Waals surface area contributed by atoms with Gasteiger partial charge < -0.3 is 24.5 Å². The van der Waals surface area contributed by atoms with Crippen molar-refractivity contribution in [3.63, 3.8) is 0 Å². The Bertz CT molecular complexity index is 726. The van der Waals surface area contributed by atoms with Gasteiger partial charge in [-0.05, 0) is 24.3 Å². The van der Waals surface area contributed by atoms with Gasteiger partial charge in [-0.2, -0.15) is 0 Å². The molecule has 8 heteroatoms. The second-order valence-electron chi connectivity index (χ2n) is 4.90. The molecule has 25 heavy (non-hydrogen) atoms. The van der Waals surface area contributed by atoms with Crippen molar-refractivity contribution in [2.45, 2.75) is 0 Å². The molecule has 0 fully saturated rings. The molecule has 8 nitrogen and oxygen atoms in total. The first-order valence-electron chi connectivity index (χ1n) is 7.48. The lowest BCUT2D eigenvalue weighted by Crippen LogP contribution is -2.31. The minimum Gasteiger partial charge on any atom is -0.459 e. The van der Waals surface area contributed by atoms with Crippen LogP contribution in [-0.2, 0) is 14.3 Å². The molecule has 2 N–H and O–H groups in total. The number of para-hydroxylation sites is 1. The van der Waals surface area contributed by atoms with Crippen LogP contribution >= 0.6 is 0 Å². The number of benzene rings is 1. The summed E-state index contributed by atoms with van der Waals surface area (Å²) >= 11 is 0. The number of nitrogens with one attached hydrogen (secondary N) is 2. The number of ether oxygens (including phenoxy) is 2. The van der Waals surface area contributed by atoms with Crippen LogP contribution in [0.1, 0.15) is 20.9 Å². The van der Waals surface area contributed by atoms with Gasteiger partial charge in [0.15, 0.2) is 12.4 Å². The van der Waals surface area contributed by atoms with Crippen LogP contribution in [0.2, 0.25) is 0 Å². The second kappa shape index (κ2) is 9.24. The molecule has 0 unspecified atom stereocenters. The first-order chi connectivity index (χ1) is 12.1.